The van der Waals surface area contributed by atoms with Gasteiger partial charge in [0, 0.05) is 17.5 Å². The quantitative estimate of drug-likeness (QED) is 0.308. The fourth-order valence-corrected chi connectivity index (χ4v) is 4.80. The Morgan fingerprint density at radius 1 is 1.08 bits per heavy atom. The van der Waals surface area contributed by atoms with Crippen molar-refractivity contribution in [2.45, 2.75) is 39.4 Å². The first-order chi connectivity index (χ1) is 17.1. The molecule has 11 heteroatoms. The zero-order valence-electron chi connectivity index (χ0n) is 19.6. The van der Waals surface area contributed by atoms with E-state index in [-0.39, 0.29) is 17.3 Å². The smallest absolute Gasteiger partial charge is 0.278 e. The molecule has 0 aliphatic carbocycles. The average molecular weight is 511 g/mol. The third-order valence-electron chi connectivity index (χ3n) is 5.74. The third kappa shape index (κ3) is 4.41. The van der Waals surface area contributed by atoms with Crippen LogP contribution in [0.4, 0.5) is 13.2 Å². The number of aromatic nitrogens is 6. The van der Waals surface area contributed by atoms with E-state index in [1.807, 2.05) is 26.0 Å². The molecule has 4 aromatic heterocycles. The molecule has 5 rings (SSSR count). The van der Waals surface area contributed by atoms with Gasteiger partial charge >= 0.3 is 11.0 Å². The first-order valence-corrected chi connectivity index (χ1v) is 12.0. The van der Waals surface area contributed by atoms with E-state index in [9.17, 15) is 18.0 Å². The number of aryl methyl sites for hydroxylation is 1. The highest BCUT2D eigenvalue weighted by atomic mass is 32.1. The van der Waals surface area contributed by atoms with E-state index in [0.29, 0.717) is 27.6 Å². The lowest BCUT2D eigenvalue weighted by Gasteiger charge is -2.11. The van der Waals surface area contributed by atoms with Gasteiger partial charge < -0.3 is 0 Å². The number of rotatable bonds is 5. The van der Waals surface area contributed by atoms with Crippen LogP contribution >= 0.6 is 11.3 Å². The summed E-state index contributed by atoms with van der Waals surface area (Å²) < 4.78 is 42.5. The summed E-state index contributed by atoms with van der Waals surface area (Å²) in [6.07, 6.45) is -1.13. The standard InChI is InChI=1S/C25H21F3N6OS/c1-14(2)21-18(5-4-10-29-21)22-30-12-19-23(31-22)33(24(35)36-19)13-16-6-8-17(9-7-16)34-15(3)11-20(32-34)25(26,27)28/h4-12,14H,13H2,1-3H3. The fraction of sp³-hybridized carbons (Fsp3) is 0.240. The zero-order valence-corrected chi connectivity index (χ0v) is 20.4. The number of alkyl halides is 3. The monoisotopic (exact) mass is 510 g/mol. The van der Waals surface area contributed by atoms with E-state index in [1.165, 1.54) is 4.68 Å². The van der Waals surface area contributed by atoms with E-state index < -0.39 is 11.9 Å². The van der Waals surface area contributed by atoms with Crippen LogP contribution < -0.4 is 4.87 Å². The van der Waals surface area contributed by atoms with Crippen LogP contribution in [0.5, 0.6) is 0 Å². The van der Waals surface area contributed by atoms with Gasteiger partial charge in [-0.1, -0.05) is 37.3 Å². The Kier molecular flexibility index (Phi) is 5.95. The molecule has 36 heavy (non-hydrogen) atoms. The van der Waals surface area contributed by atoms with Crippen molar-refractivity contribution >= 4 is 21.7 Å². The van der Waals surface area contributed by atoms with E-state index in [0.717, 1.165) is 34.2 Å². The molecule has 184 valence electrons. The molecule has 0 aliphatic heterocycles. The van der Waals surface area contributed by atoms with Crippen LogP contribution in [0, 0.1) is 6.92 Å². The number of hydrogen-bond donors (Lipinski definition) is 0. The van der Waals surface area contributed by atoms with Gasteiger partial charge in [0.15, 0.2) is 17.2 Å². The van der Waals surface area contributed by atoms with Gasteiger partial charge in [-0.15, -0.1) is 0 Å². The summed E-state index contributed by atoms with van der Waals surface area (Å²) in [7, 11) is 0. The van der Waals surface area contributed by atoms with Crippen LogP contribution in [0.2, 0.25) is 0 Å². The summed E-state index contributed by atoms with van der Waals surface area (Å²) in [5.41, 5.74) is 2.94. The Morgan fingerprint density at radius 3 is 2.50 bits per heavy atom. The van der Waals surface area contributed by atoms with Crippen LogP contribution in [-0.2, 0) is 12.7 Å². The molecule has 7 nitrogen and oxygen atoms in total. The van der Waals surface area contributed by atoms with Crippen molar-refractivity contribution in [1.82, 2.24) is 29.3 Å². The average Bonchev–Trinajstić information content (AvgIpc) is 3.39. The van der Waals surface area contributed by atoms with Gasteiger partial charge in [0.05, 0.1) is 28.8 Å². The van der Waals surface area contributed by atoms with Crippen molar-refractivity contribution in [1.29, 1.82) is 0 Å². The minimum absolute atomic E-state index is 0.173. The Labute approximate surface area is 207 Å². The van der Waals surface area contributed by atoms with Gasteiger partial charge in [-0.05, 0) is 48.7 Å². The molecular weight excluding hydrogens is 489 g/mol. The van der Waals surface area contributed by atoms with Crippen molar-refractivity contribution in [3.05, 3.63) is 87.2 Å². The first-order valence-electron chi connectivity index (χ1n) is 11.2. The largest absolute Gasteiger partial charge is 0.435 e. The van der Waals surface area contributed by atoms with Gasteiger partial charge in [0.1, 0.15) is 0 Å². The number of benzene rings is 1. The van der Waals surface area contributed by atoms with Gasteiger partial charge in [-0.25, -0.2) is 14.6 Å². The summed E-state index contributed by atoms with van der Waals surface area (Å²) in [5, 5.41) is 3.69. The maximum Gasteiger partial charge on any atom is 0.435 e. The summed E-state index contributed by atoms with van der Waals surface area (Å²) in [6.45, 7) is 5.91. The predicted octanol–water partition coefficient (Wildman–Crippen LogP) is 5.60. The van der Waals surface area contributed by atoms with E-state index in [1.54, 1.807) is 48.1 Å². The second-order valence-electron chi connectivity index (χ2n) is 8.67. The second kappa shape index (κ2) is 8.98. The van der Waals surface area contributed by atoms with Crippen LogP contribution in [0.3, 0.4) is 0 Å². The third-order valence-corrected chi connectivity index (χ3v) is 6.64. The number of halogens is 3. The summed E-state index contributed by atoms with van der Waals surface area (Å²) in [6, 6.07) is 11.6. The molecule has 0 fully saturated rings. The van der Waals surface area contributed by atoms with Crippen LogP contribution in [0.15, 0.2) is 59.7 Å². The van der Waals surface area contributed by atoms with E-state index in [2.05, 4.69) is 15.1 Å². The predicted molar refractivity (Wildman–Crippen MR) is 131 cm³/mol. The van der Waals surface area contributed by atoms with Crippen molar-refractivity contribution < 1.29 is 13.2 Å². The highest BCUT2D eigenvalue weighted by molar-refractivity contribution is 7.16. The zero-order chi connectivity index (χ0) is 25.6. The minimum Gasteiger partial charge on any atom is -0.278 e. The van der Waals surface area contributed by atoms with Gasteiger partial charge in [0.2, 0.25) is 0 Å². The molecule has 0 aliphatic rings. The van der Waals surface area contributed by atoms with Crippen molar-refractivity contribution in [3.63, 3.8) is 0 Å². The molecule has 0 N–H and O–H groups in total. The normalized spacial score (nSPS) is 12.1. The van der Waals surface area contributed by atoms with Crippen LogP contribution in [0.25, 0.3) is 27.4 Å². The van der Waals surface area contributed by atoms with Crippen molar-refractivity contribution in [2.75, 3.05) is 0 Å². The second-order valence-corrected chi connectivity index (χ2v) is 9.67. The van der Waals surface area contributed by atoms with Crippen molar-refractivity contribution in [2.24, 2.45) is 0 Å². The number of pyridine rings is 1. The Hall–Kier alpha value is -3.86. The Morgan fingerprint density at radius 2 is 1.83 bits per heavy atom. The summed E-state index contributed by atoms with van der Waals surface area (Å²) in [4.78, 5) is 26.3. The number of fused-ring (bicyclic) bond motifs is 1. The Balaban J connectivity index is 1.48. The molecule has 0 amide bonds. The maximum absolute atomic E-state index is 13.0. The van der Waals surface area contributed by atoms with E-state index >= 15 is 0 Å². The topological polar surface area (TPSA) is 78.5 Å². The van der Waals surface area contributed by atoms with E-state index in [4.69, 9.17) is 4.98 Å². The molecule has 0 saturated heterocycles. The molecule has 4 heterocycles. The lowest BCUT2D eigenvalue weighted by Crippen LogP contribution is -2.14. The molecular formula is C25H21F3N6OS. The minimum atomic E-state index is -4.51. The molecule has 5 aromatic rings. The molecule has 0 radical (unpaired) electrons. The number of hydrogen-bond acceptors (Lipinski definition) is 6. The molecule has 1 aromatic carbocycles. The molecule has 0 bridgehead atoms. The highest BCUT2D eigenvalue weighted by Gasteiger charge is 2.34. The van der Waals surface area contributed by atoms with Crippen molar-refractivity contribution in [3.8, 4) is 17.1 Å². The number of nitrogens with zero attached hydrogens (tertiary/aromatic N) is 6. The van der Waals surface area contributed by atoms with Gasteiger partial charge in [-0.2, -0.15) is 18.3 Å². The van der Waals surface area contributed by atoms with Gasteiger partial charge in [-0.3, -0.25) is 14.3 Å². The maximum atomic E-state index is 13.0. The number of thiazole rings is 1. The molecule has 0 spiro atoms. The molecule has 0 unspecified atom stereocenters. The molecule has 0 saturated carbocycles. The summed E-state index contributed by atoms with van der Waals surface area (Å²) >= 11 is 1.07. The fourth-order valence-electron chi connectivity index (χ4n) is 4.00. The highest BCUT2D eigenvalue weighted by Crippen LogP contribution is 2.30. The van der Waals surface area contributed by atoms with Crippen LogP contribution in [0.1, 0.15) is 42.4 Å². The Bertz CT molecular complexity index is 1620. The molecule has 0 atom stereocenters. The van der Waals surface area contributed by atoms with Crippen LogP contribution in [-0.4, -0.2) is 29.3 Å². The lowest BCUT2D eigenvalue weighted by atomic mass is 10.0. The lowest BCUT2D eigenvalue weighted by molar-refractivity contribution is -0.141. The van der Waals surface area contributed by atoms with Gasteiger partial charge in [0.25, 0.3) is 0 Å². The summed E-state index contributed by atoms with van der Waals surface area (Å²) in [5.74, 6) is 0.671. The first kappa shape index (κ1) is 23.9. The SMILES string of the molecule is Cc1cc(C(F)(F)F)nn1-c1ccc(Cn2c(=O)sc3cnc(-c4cccnc4C(C)C)nc32)cc1.